The monoisotopic (exact) mass is 409 g/mol. The molecule has 29 heavy (non-hydrogen) atoms. The predicted octanol–water partition coefficient (Wildman–Crippen LogP) is 2.47. The molecule has 0 saturated carbocycles. The van der Waals surface area contributed by atoms with Crippen molar-refractivity contribution in [1.82, 2.24) is 5.32 Å². The van der Waals surface area contributed by atoms with Crippen LogP contribution < -0.4 is 16.4 Å². The fourth-order valence-electron chi connectivity index (χ4n) is 2.48. The number of nitrogens with two attached hydrogens (primary N) is 1. The summed E-state index contributed by atoms with van der Waals surface area (Å²) in [7, 11) is 0. The number of urea groups is 1. The molecule has 0 aromatic heterocycles. The molecule has 0 aliphatic heterocycles. The molecule has 154 valence electrons. The van der Waals surface area contributed by atoms with Crippen LogP contribution in [0.25, 0.3) is 0 Å². The van der Waals surface area contributed by atoms with Gasteiger partial charge in [-0.3, -0.25) is 4.79 Å². The van der Waals surface area contributed by atoms with E-state index >= 15 is 0 Å². The van der Waals surface area contributed by atoms with E-state index in [1.807, 2.05) is 0 Å². The van der Waals surface area contributed by atoms with Crippen LogP contribution >= 0.6 is 0 Å². The number of esters is 1. The van der Waals surface area contributed by atoms with Gasteiger partial charge in [0.2, 0.25) is 0 Å². The van der Waals surface area contributed by atoms with Crippen molar-refractivity contribution in [3.05, 3.63) is 65.7 Å². The molecule has 0 bridgehead atoms. The number of halogens is 3. The Kier molecular flexibility index (Phi) is 7.18. The number of nitrogens with one attached hydrogen (secondary N) is 2. The highest BCUT2D eigenvalue weighted by atomic mass is 19.4. The molecule has 0 fully saturated rings. The first-order chi connectivity index (χ1) is 13.7. The second-order valence-corrected chi connectivity index (χ2v) is 5.95. The zero-order chi connectivity index (χ0) is 21.4. The van der Waals surface area contributed by atoms with Crippen LogP contribution in [0.3, 0.4) is 0 Å². The smallest absolute Gasteiger partial charge is 0.418 e. The molecular formula is C19H18F3N3O4. The van der Waals surface area contributed by atoms with Gasteiger partial charge in [-0.25, -0.2) is 9.59 Å². The lowest BCUT2D eigenvalue weighted by Gasteiger charge is -2.17. The zero-order valence-electron chi connectivity index (χ0n) is 15.0. The number of anilines is 1. The Labute approximate surface area is 164 Å². The Bertz CT molecular complexity index is 873. The van der Waals surface area contributed by atoms with Crippen molar-refractivity contribution in [3.8, 4) is 0 Å². The lowest BCUT2D eigenvalue weighted by atomic mass is 10.1. The van der Waals surface area contributed by atoms with E-state index in [4.69, 9.17) is 10.5 Å². The summed E-state index contributed by atoms with van der Waals surface area (Å²) in [6, 6.07) is 10.9. The van der Waals surface area contributed by atoms with Crippen LogP contribution in [0.5, 0.6) is 0 Å². The molecule has 0 heterocycles. The van der Waals surface area contributed by atoms with Gasteiger partial charge in [-0.05, 0) is 17.7 Å². The first-order valence-corrected chi connectivity index (χ1v) is 8.39. The van der Waals surface area contributed by atoms with Crippen molar-refractivity contribution in [2.45, 2.75) is 18.6 Å². The summed E-state index contributed by atoms with van der Waals surface area (Å²) in [6.07, 6.45) is -4.60. The molecule has 0 aliphatic carbocycles. The normalized spacial score (nSPS) is 12.0. The van der Waals surface area contributed by atoms with Crippen LogP contribution in [-0.2, 0) is 26.9 Å². The fourth-order valence-corrected chi connectivity index (χ4v) is 2.48. The molecule has 2 aromatic rings. The Morgan fingerprint density at radius 2 is 1.62 bits per heavy atom. The van der Waals surface area contributed by atoms with E-state index in [0.29, 0.717) is 5.56 Å². The molecule has 10 heteroatoms. The van der Waals surface area contributed by atoms with Crippen molar-refractivity contribution >= 4 is 23.6 Å². The van der Waals surface area contributed by atoms with Gasteiger partial charge in [-0.15, -0.1) is 0 Å². The van der Waals surface area contributed by atoms with Crippen molar-refractivity contribution in [1.29, 1.82) is 0 Å². The standard InChI is InChI=1S/C19H18F3N3O4/c20-19(21,22)13-8-4-5-9-14(13)24-16(26)11-29-17(27)15(25-18(23)28)10-12-6-2-1-3-7-12/h1-9,15H,10-11H2,(H,24,26)(H3,23,25,28)/t15-/m0/s1. The topological polar surface area (TPSA) is 111 Å². The van der Waals surface area contributed by atoms with Crippen LogP contribution in [0.4, 0.5) is 23.7 Å². The average molecular weight is 409 g/mol. The number of ether oxygens (including phenoxy) is 1. The third-order valence-electron chi connectivity index (χ3n) is 3.74. The third kappa shape index (κ3) is 6.83. The molecule has 2 rings (SSSR count). The van der Waals surface area contributed by atoms with E-state index in [9.17, 15) is 27.6 Å². The maximum Gasteiger partial charge on any atom is 0.418 e. The summed E-state index contributed by atoms with van der Waals surface area (Å²) in [5, 5.41) is 4.27. The second-order valence-electron chi connectivity index (χ2n) is 5.95. The summed E-state index contributed by atoms with van der Waals surface area (Å²) in [5.41, 5.74) is 4.27. The number of hydrogen-bond acceptors (Lipinski definition) is 4. The summed E-state index contributed by atoms with van der Waals surface area (Å²) >= 11 is 0. The average Bonchev–Trinajstić information content (AvgIpc) is 2.65. The van der Waals surface area contributed by atoms with Gasteiger partial charge in [-0.1, -0.05) is 42.5 Å². The van der Waals surface area contributed by atoms with Crippen LogP contribution in [0.1, 0.15) is 11.1 Å². The van der Waals surface area contributed by atoms with Gasteiger partial charge >= 0.3 is 18.2 Å². The number of para-hydroxylation sites is 1. The summed E-state index contributed by atoms with van der Waals surface area (Å²) in [5.74, 6) is -1.92. The number of alkyl halides is 3. The molecule has 0 aliphatic rings. The van der Waals surface area contributed by atoms with Crippen molar-refractivity contribution in [2.75, 3.05) is 11.9 Å². The molecule has 3 amide bonds. The van der Waals surface area contributed by atoms with Crippen LogP contribution in [0.15, 0.2) is 54.6 Å². The van der Waals surface area contributed by atoms with Gasteiger partial charge in [0.1, 0.15) is 6.04 Å². The number of carbonyl (C=O) groups excluding carboxylic acids is 3. The highest BCUT2D eigenvalue weighted by molar-refractivity contribution is 5.94. The van der Waals surface area contributed by atoms with Crippen LogP contribution in [-0.4, -0.2) is 30.6 Å². The minimum absolute atomic E-state index is 0.0567. The van der Waals surface area contributed by atoms with Crippen molar-refractivity contribution in [3.63, 3.8) is 0 Å². The maximum atomic E-state index is 13.0. The maximum absolute atomic E-state index is 13.0. The van der Waals surface area contributed by atoms with E-state index in [2.05, 4.69) is 10.6 Å². The Hall–Kier alpha value is -3.56. The highest BCUT2D eigenvalue weighted by Crippen LogP contribution is 2.34. The van der Waals surface area contributed by atoms with Crippen LogP contribution in [0.2, 0.25) is 0 Å². The van der Waals surface area contributed by atoms with E-state index < -0.39 is 48.0 Å². The van der Waals surface area contributed by atoms with E-state index in [1.165, 1.54) is 12.1 Å². The summed E-state index contributed by atoms with van der Waals surface area (Å²) in [6.45, 7) is -0.837. The van der Waals surface area contributed by atoms with Gasteiger partial charge < -0.3 is 21.1 Å². The molecule has 0 unspecified atom stereocenters. The molecule has 1 atom stereocenters. The van der Waals surface area contributed by atoms with Gasteiger partial charge in [0.25, 0.3) is 5.91 Å². The molecule has 0 saturated heterocycles. The van der Waals surface area contributed by atoms with Crippen molar-refractivity contribution < 1.29 is 32.3 Å². The lowest BCUT2D eigenvalue weighted by Crippen LogP contribution is -2.46. The number of carbonyl (C=O) groups is 3. The van der Waals surface area contributed by atoms with E-state index in [-0.39, 0.29) is 6.42 Å². The number of rotatable bonds is 7. The highest BCUT2D eigenvalue weighted by Gasteiger charge is 2.33. The number of amides is 3. The summed E-state index contributed by atoms with van der Waals surface area (Å²) < 4.78 is 43.7. The SMILES string of the molecule is NC(=O)N[C@@H](Cc1ccccc1)C(=O)OCC(=O)Nc1ccccc1C(F)(F)F. The number of benzene rings is 2. The minimum atomic E-state index is -4.66. The van der Waals surface area contributed by atoms with E-state index in [0.717, 1.165) is 12.1 Å². The molecule has 7 nitrogen and oxygen atoms in total. The quantitative estimate of drug-likeness (QED) is 0.610. The zero-order valence-corrected chi connectivity index (χ0v) is 15.0. The first-order valence-electron chi connectivity index (χ1n) is 8.39. The van der Waals surface area contributed by atoms with Gasteiger partial charge in [0.15, 0.2) is 6.61 Å². The van der Waals surface area contributed by atoms with Crippen LogP contribution in [0, 0.1) is 0 Å². The summed E-state index contributed by atoms with van der Waals surface area (Å²) in [4.78, 5) is 35.3. The predicted molar refractivity (Wildman–Crippen MR) is 97.7 cm³/mol. The molecule has 0 spiro atoms. The van der Waals surface area contributed by atoms with Gasteiger partial charge in [0, 0.05) is 6.42 Å². The molecule has 0 radical (unpaired) electrons. The minimum Gasteiger partial charge on any atom is -0.454 e. The first kappa shape index (κ1) is 21.7. The molecule has 4 N–H and O–H groups in total. The second kappa shape index (κ2) is 9.58. The van der Waals surface area contributed by atoms with Gasteiger partial charge in [0.05, 0.1) is 11.3 Å². The Morgan fingerprint density at radius 3 is 2.24 bits per heavy atom. The molecule has 2 aromatic carbocycles. The number of primary amides is 1. The third-order valence-corrected chi connectivity index (χ3v) is 3.74. The fraction of sp³-hybridized carbons (Fsp3) is 0.211. The van der Waals surface area contributed by atoms with Crippen molar-refractivity contribution in [2.24, 2.45) is 5.73 Å². The largest absolute Gasteiger partial charge is 0.454 e. The Balaban J connectivity index is 1.99. The molecular weight excluding hydrogens is 391 g/mol. The van der Waals surface area contributed by atoms with E-state index in [1.54, 1.807) is 30.3 Å². The Morgan fingerprint density at radius 1 is 1.00 bits per heavy atom. The number of hydrogen-bond donors (Lipinski definition) is 3. The lowest BCUT2D eigenvalue weighted by molar-refractivity contribution is -0.149. The van der Waals surface area contributed by atoms with Gasteiger partial charge in [-0.2, -0.15) is 13.2 Å².